The van der Waals surface area contributed by atoms with Gasteiger partial charge >= 0.3 is 0 Å². The Morgan fingerprint density at radius 3 is 2.50 bits per heavy atom. The lowest BCUT2D eigenvalue weighted by Crippen LogP contribution is -2.37. The van der Waals surface area contributed by atoms with Gasteiger partial charge in [0, 0.05) is 13.1 Å². The third kappa shape index (κ3) is 2.87. The Balaban J connectivity index is 1.74. The van der Waals surface area contributed by atoms with Crippen LogP contribution in [0.2, 0.25) is 0 Å². The van der Waals surface area contributed by atoms with Gasteiger partial charge in [-0.2, -0.15) is 0 Å². The molecule has 1 fully saturated rings. The third-order valence-electron chi connectivity index (χ3n) is 4.64. The summed E-state index contributed by atoms with van der Waals surface area (Å²) in [5, 5.41) is 9.75. The Hall–Kier alpha value is -2.40. The minimum absolute atomic E-state index is 0.212. The van der Waals surface area contributed by atoms with Crippen LogP contribution in [0, 0.1) is 5.82 Å². The number of rotatable bonds is 3. The molecular weight excluding hydrogens is 305 g/mol. The summed E-state index contributed by atoms with van der Waals surface area (Å²) in [7, 11) is 0. The molecule has 0 saturated carbocycles. The Labute approximate surface area is 140 Å². The van der Waals surface area contributed by atoms with Gasteiger partial charge in [-0.25, -0.2) is 9.37 Å². The maximum atomic E-state index is 13.2. The number of piperidine rings is 1. The van der Waals surface area contributed by atoms with E-state index in [2.05, 4.69) is 15.5 Å². The predicted molar refractivity (Wildman–Crippen MR) is 92.7 cm³/mol. The van der Waals surface area contributed by atoms with Crippen LogP contribution >= 0.6 is 0 Å². The highest BCUT2D eigenvalue weighted by Crippen LogP contribution is 2.26. The number of aliphatic hydroxyl groups excluding tert-OH is 1. The molecule has 24 heavy (non-hydrogen) atoms. The summed E-state index contributed by atoms with van der Waals surface area (Å²) < 4.78 is 15.4. The summed E-state index contributed by atoms with van der Waals surface area (Å²) in [5.41, 5.74) is 3.07. The lowest BCUT2D eigenvalue weighted by molar-refractivity contribution is 0.145. The molecule has 1 aliphatic rings. The molecule has 5 heteroatoms. The summed E-state index contributed by atoms with van der Waals surface area (Å²) in [5.74, 6) is 0.701. The van der Waals surface area contributed by atoms with Crippen LogP contribution in [0.5, 0.6) is 0 Å². The number of halogens is 1. The first-order valence-electron chi connectivity index (χ1n) is 8.33. The van der Waals surface area contributed by atoms with Crippen LogP contribution in [0.15, 0.2) is 48.5 Å². The number of anilines is 1. The van der Waals surface area contributed by atoms with Gasteiger partial charge in [-0.1, -0.05) is 24.3 Å². The molecular formula is C19H20FN3O. The number of aliphatic hydroxyl groups is 1. The van der Waals surface area contributed by atoms with E-state index < -0.39 is 0 Å². The van der Waals surface area contributed by atoms with Crippen LogP contribution in [0.1, 0.15) is 18.4 Å². The number of hydrogen-bond donors (Lipinski definition) is 1. The normalized spacial score (nSPS) is 16.0. The predicted octanol–water partition coefficient (Wildman–Crippen LogP) is 3.18. The van der Waals surface area contributed by atoms with Gasteiger partial charge in [-0.15, -0.1) is 0 Å². The van der Waals surface area contributed by atoms with Crippen LogP contribution in [0.4, 0.5) is 10.3 Å². The SMILES string of the molecule is OC1CCN(c2nc3ccccc3n2Cc2ccc(F)cc2)CC1. The van der Waals surface area contributed by atoms with E-state index in [0.29, 0.717) is 6.54 Å². The van der Waals surface area contributed by atoms with Gasteiger partial charge in [0.2, 0.25) is 5.95 Å². The van der Waals surface area contributed by atoms with Crippen molar-refractivity contribution in [2.24, 2.45) is 0 Å². The summed E-state index contributed by atoms with van der Waals surface area (Å²) in [6.07, 6.45) is 1.32. The Bertz CT molecular complexity index is 835. The van der Waals surface area contributed by atoms with E-state index in [-0.39, 0.29) is 11.9 Å². The molecule has 0 atom stereocenters. The number of fused-ring (bicyclic) bond motifs is 1. The molecule has 1 aliphatic heterocycles. The quantitative estimate of drug-likeness (QED) is 0.804. The number of hydrogen-bond acceptors (Lipinski definition) is 3. The fourth-order valence-corrected chi connectivity index (χ4v) is 3.30. The maximum absolute atomic E-state index is 13.2. The topological polar surface area (TPSA) is 41.3 Å². The summed E-state index contributed by atoms with van der Waals surface area (Å²) in [4.78, 5) is 7.04. The molecule has 0 aliphatic carbocycles. The average molecular weight is 325 g/mol. The highest BCUT2D eigenvalue weighted by Gasteiger charge is 2.22. The van der Waals surface area contributed by atoms with Gasteiger partial charge in [0.05, 0.1) is 23.7 Å². The van der Waals surface area contributed by atoms with Crippen LogP contribution < -0.4 is 4.90 Å². The fourth-order valence-electron chi connectivity index (χ4n) is 3.30. The standard InChI is InChI=1S/C19H20FN3O/c20-15-7-5-14(6-8-15)13-23-18-4-2-1-3-17(18)21-19(23)22-11-9-16(24)10-12-22/h1-8,16,24H,9-13H2. The average Bonchev–Trinajstić information content (AvgIpc) is 2.96. The first-order valence-corrected chi connectivity index (χ1v) is 8.33. The van der Waals surface area contributed by atoms with Crippen LogP contribution in [0.3, 0.4) is 0 Å². The van der Waals surface area contributed by atoms with Crippen LogP contribution in [-0.2, 0) is 6.54 Å². The fraction of sp³-hybridized carbons (Fsp3) is 0.316. The van der Waals surface area contributed by atoms with E-state index in [9.17, 15) is 9.50 Å². The van der Waals surface area contributed by atoms with Crippen LogP contribution in [0.25, 0.3) is 11.0 Å². The van der Waals surface area contributed by atoms with Crippen molar-refractivity contribution in [1.29, 1.82) is 0 Å². The first kappa shape index (κ1) is 15.1. The Morgan fingerprint density at radius 2 is 1.75 bits per heavy atom. The van der Waals surface area contributed by atoms with Crippen molar-refractivity contribution in [2.45, 2.75) is 25.5 Å². The second-order valence-electron chi connectivity index (χ2n) is 6.33. The second kappa shape index (κ2) is 6.24. The molecule has 3 aromatic rings. The molecule has 2 aromatic carbocycles. The zero-order valence-electron chi connectivity index (χ0n) is 13.4. The van der Waals surface area contributed by atoms with Gasteiger partial charge < -0.3 is 14.6 Å². The zero-order chi connectivity index (χ0) is 16.5. The highest BCUT2D eigenvalue weighted by molar-refractivity contribution is 5.79. The van der Waals surface area contributed by atoms with Gasteiger partial charge in [0.15, 0.2) is 0 Å². The molecule has 0 amide bonds. The molecule has 1 aromatic heterocycles. The van der Waals surface area contributed by atoms with Crippen molar-refractivity contribution >= 4 is 17.0 Å². The van der Waals surface area contributed by atoms with Gasteiger partial charge in [0.1, 0.15) is 5.82 Å². The van der Waals surface area contributed by atoms with E-state index in [1.165, 1.54) is 12.1 Å². The number of aromatic nitrogens is 2. The van der Waals surface area contributed by atoms with Crippen LogP contribution in [-0.4, -0.2) is 33.9 Å². The van der Waals surface area contributed by atoms with Crippen molar-refractivity contribution < 1.29 is 9.50 Å². The molecule has 4 nitrogen and oxygen atoms in total. The van der Waals surface area contributed by atoms with E-state index >= 15 is 0 Å². The van der Waals surface area contributed by atoms with Gasteiger partial charge in [-0.05, 0) is 42.7 Å². The number of benzene rings is 2. The number of imidazole rings is 1. The van der Waals surface area contributed by atoms with Crippen molar-refractivity contribution in [1.82, 2.24) is 9.55 Å². The minimum Gasteiger partial charge on any atom is -0.393 e. The minimum atomic E-state index is -0.223. The zero-order valence-corrected chi connectivity index (χ0v) is 13.4. The molecule has 0 bridgehead atoms. The largest absolute Gasteiger partial charge is 0.393 e. The lowest BCUT2D eigenvalue weighted by Gasteiger charge is -2.30. The van der Waals surface area contributed by atoms with Gasteiger partial charge in [0.25, 0.3) is 0 Å². The molecule has 0 radical (unpaired) electrons. The first-order chi connectivity index (χ1) is 11.7. The van der Waals surface area contributed by atoms with E-state index in [4.69, 9.17) is 4.98 Å². The maximum Gasteiger partial charge on any atom is 0.206 e. The smallest absolute Gasteiger partial charge is 0.206 e. The van der Waals surface area contributed by atoms with Crippen molar-refractivity contribution in [3.8, 4) is 0 Å². The van der Waals surface area contributed by atoms with E-state index in [1.54, 1.807) is 0 Å². The van der Waals surface area contributed by atoms with Gasteiger partial charge in [-0.3, -0.25) is 0 Å². The number of nitrogens with zero attached hydrogens (tertiary/aromatic N) is 3. The molecule has 1 N–H and O–H groups in total. The molecule has 124 valence electrons. The monoisotopic (exact) mass is 325 g/mol. The molecule has 2 heterocycles. The lowest BCUT2D eigenvalue weighted by atomic mass is 10.1. The number of para-hydroxylation sites is 2. The Morgan fingerprint density at radius 1 is 1.04 bits per heavy atom. The highest BCUT2D eigenvalue weighted by atomic mass is 19.1. The Kier molecular flexibility index (Phi) is 3.94. The molecule has 4 rings (SSSR count). The third-order valence-corrected chi connectivity index (χ3v) is 4.64. The summed E-state index contributed by atoms with van der Waals surface area (Å²) >= 11 is 0. The molecule has 1 saturated heterocycles. The summed E-state index contributed by atoms with van der Waals surface area (Å²) in [6, 6.07) is 14.7. The van der Waals surface area contributed by atoms with E-state index in [0.717, 1.165) is 48.5 Å². The van der Waals surface area contributed by atoms with Crippen molar-refractivity contribution in [3.05, 3.63) is 59.9 Å². The molecule has 0 unspecified atom stereocenters. The van der Waals surface area contributed by atoms with E-state index in [1.807, 2.05) is 30.3 Å². The summed E-state index contributed by atoms with van der Waals surface area (Å²) in [6.45, 7) is 2.25. The second-order valence-corrected chi connectivity index (χ2v) is 6.33. The molecule has 0 spiro atoms. The van der Waals surface area contributed by atoms with Crippen molar-refractivity contribution in [2.75, 3.05) is 18.0 Å². The van der Waals surface area contributed by atoms with Crippen molar-refractivity contribution in [3.63, 3.8) is 0 Å².